The number of nitrogens with zero attached hydrogens (tertiary/aromatic N) is 1. The van der Waals surface area contributed by atoms with Crippen LogP contribution < -0.4 is 14.2 Å². The van der Waals surface area contributed by atoms with Gasteiger partial charge >= 0.3 is 0 Å². The molecule has 5 rings (SSSR count). The third kappa shape index (κ3) is 3.64. The van der Waals surface area contributed by atoms with Crippen molar-refractivity contribution in [3.8, 4) is 17.2 Å². The smallest absolute Gasteiger partial charge is 0.231 e. The molecule has 0 amide bonds. The molecule has 0 unspecified atom stereocenters. The highest BCUT2D eigenvalue weighted by atomic mass is 35.5. The molecule has 32 heavy (non-hydrogen) atoms. The van der Waals surface area contributed by atoms with Crippen molar-refractivity contribution in [2.45, 2.75) is 20.0 Å². The first-order chi connectivity index (χ1) is 15.5. The molecule has 0 aromatic heterocycles. The van der Waals surface area contributed by atoms with Crippen LogP contribution in [0.3, 0.4) is 0 Å². The largest absolute Gasteiger partial charge is 0.496 e. The summed E-state index contributed by atoms with van der Waals surface area (Å²) in [6.45, 7) is 3.70. The SMILES string of the molecule is COc1ccccc1/C=C1\Oc2c(cc3c(c2C)OCN(Cc2ccccc2Cl)C3)C1=O. The molecule has 162 valence electrons. The van der Waals surface area contributed by atoms with Gasteiger partial charge in [0.15, 0.2) is 5.76 Å². The molecule has 2 aliphatic heterocycles. The molecule has 3 aromatic rings. The van der Waals surface area contributed by atoms with Crippen LogP contribution >= 0.6 is 11.6 Å². The van der Waals surface area contributed by atoms with Gasteiger partial charge in [-0.1, -0.05) is 48.0 Å². The topological polar surface area (TPSA) is 48.0 Å². The van der Waals surface area contributed by atoms with E-state index in [0.29, 0.717) is 36.9 Å². The van der Waals surface area contributed by atoms with Gasteiger partial charge in [0.05, 0.1) is 12.7 Å². The standard InChI is InChI=1S/C26H22ClNO4/c1-16-25-19(14-28(15-31-25)13-18-8-3-5-9-21(18)27)11-20-24(29)23(32-26(16)20)12-17-7-4-6-10-22(17)30-2/h3-12H,13-15H2,1-2H3/b23-12-. The Balaban J connectivity index is 1.44. The second kappa shape index (κ2) is 8.34. The number of allylic oxidation sites excluding steroid dienone is 1. The van der Waals surface area contributed by atoms with Crippen LogP contribution in [0, 0.1) is 6.92 Å². The average molecular weight is 448 g/mol. The molecule has 0 saturated heterocycles. The van der Waals surface area contributed by atoms with Crippen molar-refractivity contribution in [1.82, 2.24) is 4.90 Å². The number of ketones is 1. The predicted octanol–water partition coefficient (Wildman–Crippen LogP) is 5.63. The molecule has 2 heterocycles. The first-order valence-electron chi connectivity index (χ1n) is 10.4. The molecule has 2 aliphatic rings. The van der Waals surface area contributed by atoms with Gasteiger partial charge in [-0.05, 0) is 36.8 Å². The molecule has 0 fully saturated rings. The maximum Gasteiger partial charge on any atom is 0.231 e. The summed E-state index contributed by atoms with van der Waals surface area (Å²) in [5, 5.41) is 0.734. The molecule has 5 nitrogen and oxygen atoms in total. The second-order valence-corrected chi connectivity index (χ2v) is 8.31. The third-order valence-electron chi connectivity index (χ3n) is 5.78. The molecule has 0 radical (unpaired) electrons. The fourth-order valence-electron chi connectivity index (χ4n) is 4.19. The van der Waals surface area contributed by atoms with E-state index in [9.17, 15) is 4.79 Å². The molecular weight excluding hydrogens is 426 g/mol. The zero-order valence-electron chi connectivity index (χ0n) is 17.9. The number of carbonyl (C=O) groups excluding carboxylic acids is 1. The summed E-state index contributed by atoms with van der Waals surface area (Å²) in [6, 6.07) is 17.2. The molecule has 6 heteroatoms. The van der Waals surface area contributed by atoms with Gasteiger partial charge in [0.25, 0.3) is 0 Å². The number of benzene rings is 3. The fraction of sp³-hybridized carbons (Fsp3) is 0.192. The molecule has 0 atom stereocenters. The number of halogens is 1. The molecule has 0 saturated carbocycles. The monoisotopic (exact) mass is 447 g/mol. The lowest BCUT2D eigenvalue weighted by molar-refractivity contribution is 0.0877. The van der Waals surface area contributed by atoms with Gasteiger partial charge in [-0.3, -0.25) is 9.69 Å². The van der Waals surface area contributed by atoms with Crippen molar-refractivity contribution in [2.75, 3.05) is 13.8 Å². The van der Waals surface area contributed by atoms with E-state index in [1.165, 1.54) is 0 Å². The van der Waals surface area contributed by atoms with Crippen molar-refractivity contribution in [3.05, 3.63) is 93.2 Å². The van der Waals surface area contributed by atoms with E-state index >= 15 is 0 Å². The van der Waals surface area contributed by atoms with E-state index in [0.717, 1.165) is 33.0 Å². The van der Waals surface area contributed by atoms with Crippen LogP contribution in [0.1, 0.15) is 32.6 Å². The minimum Gasteiger partial charge on any atom is -0.496 e. The lowest BCUT2D eigenvalue weighted by atomic mass is 9.99. The van der Waals surface area contributed by atoms with Crippen molar-refractivity contribution >= 4 is 23.5 Å². The summed E-state index contributed by atoms with van der Waals surface area (Å²) in [5.41, 5.74) is 4.20. The van der Waals surface area contributed by atoms with Crippen LogP contribution in [-0.4, -0.2) is 24.5 Å². The van der Waals surface area contributed by atoms with E-state index in [1.807, 2.05) is 61.5 Å². The number of hydrogen-bond donors (Lipinski definition) is 0. The summed E-state index contributed by atoms with van der Waals surface area (Å²) in [4.78, 5) is 15.3. The van der Waals surface area contributed by atoms with E-state index < -0.39 is 0 Å². The van der Waals surface area contributed by atoms with E-state index in [1.54, 1.807) is 13.2 Å². The van der Waals surface area contributed by atoms with Gasteiger partial charge in [0.1, 0.15) is 24.0 Å². The Bertz CT molecular complexity index is 1250. The van der Waals surface area contributed by atoms with Crippen molar-refractivity contribution in [3.63, 3.8) is 0 Å². The van der Waals surface area contributed by atoms with Crippen LogP contribution in [0.25, 0.3) is 6.08 Å². The molecule has 0 spiro atoms. The van der Waals surface area contributed by atoms with Crippen LogP contribution in [0.5, 0.6) is 17.2 Å². The minimum absolute atomic E-state index is 0.139. The van der Waals surface area contributed by atoms with Gasteiger partial charge in [-0.25, -0.2) is 0 Å². The number of fused-ring (bicyclic) bond motifs is 2. The van der Waals surface area contributed by atoms with Crippen LogP contribution in [0.15, 0.2) is 60.4 Å². The Hall–Kier alpha value is -3.28. The Morgan fingerprint density at radius 2 is 1.91 bits per heavy atom. The Kier molecular flexibility index (Phi) is 5.37. The average Bonchev–Trinajstić information content (AvgIpc) is 3.11. The highest BCUT2D eigenvalue weighted by Crippen LogP contribution is 2.43. The third-order valence-corrected chi connectivity index (χ3v) is 6.15. The molecular formula is C26H22ClNO4. The van der Waals surface area contributed by atoms with Gasteiger partial charge < -0.3 is 14.2 Å². The summed E-state index contributed by atoms with van der Waals surface area (Å²) in [6.07, 6.45) is 1.73. The van der Waals surface area contributed by atoms with E-state index in [-0.39, 0.29) is 11.5 Å². The fourth-order valence-corrected chi connectivity index (χ4v) is 4.39. The molecule has 0 aliphatic carbocycles. The normalized spacial score (nSPS) is 16.3. The van der Waals surface area contributed by atoms with Crippen molar-refractivity contribution in [2.24, 2.45) is 0 Å². The summed E-state index contributed by atoms with van der Waals surface area (Å²) in [5.74, 6) is 2.17. The number of ether oxygens (including phenoxy) is 3. The number of rotatable bonds is 4. The number of methoxy groups -OCH3 is 1. The first kappa shape index (κ1) is 20.6. The highest BCUT2D eigenvalue weighted by molar-refractivity contribution is 6.31. The maximum absolute atomic E-state index is 13.1. The summed E-state index contributed by atoms with van der Waals surface area (Å²) < 4.78 is 17.5. The quantitative estimate of drug-likeness (QED) is 0.485. The Morgan fingerprint density at radius 1 is 1.12 bits per heavy atom. The van der Waals surface area contributed by atoms with Crippen molar-refractivity contribution in [1.29, 1.82) is 0 Å². The number of Topliss-reactive ketones (excluding diaryl/α,β-unsaturated/α-hetero) is 1. The van der Waals surface area contributed by atoms with E-state index in [2.05, 4.69) is 4.90 Å². The molecule has 3 aromatic carbocycles. The zero-order chi connectivity index (χ0) is 22.2. The summed E-state index contributed by atoms with van der Waals surface area (Å²) >= 11 is 6.33. The van der Waals surface area contributed by atoms with Gasteiger partial charge in [-0.2, -0.15) is 0 Å². The lowest BCUT2D eigenvalue weighted by Crippen LogP contribution is -2.32. The van der Waals surface area contributed by atoms with E-state index in [4.69, 9.17) is 25.8 Å². The molecule has 0 N–H and O–H groups in total. The van der Waals surface area contributed by atoms with Crippen LogP contribution in [0.4, 0.5) is 0 Å². The highest BCUT2D eigenvalue weighted by Gasteiger charge is 2.33. The predicted molar refractivity (Wildman–Crippen MR) is 123 cm³/mol. The van der Waals surface area contributed by atoms with Gasteiger partial charge in [-0.15, -0.1) is 0 Å². The van der Waals surface area contributed by atoms with Crippen molar-refractivity contribution < 1.29 is 19.0 Å². The number of hydrogen-bond acceptors (Lipinski definition) is 5. The maximum atomic E-state index is 13.1. The summed E-state index contributed by atoms with van der Waals surface area (Å²) in [7, 11) is 1.60. The Morgan fingerprint density at radius 3 is 2.72 bits per heavy atom. The second-order valence-electron chi connectivity index (χ2n) is 7.90. The van der Waals surface area contributed by atoms with Gasteiger partial charge in [0.2, 0.25) is 5.78 Å². The molecule has 0 bridgehead atoms. The van der Waals surface area contributed by atoms with Crippen LogP contribution in [-0.2, 0) is 13.1 Å². The lowest BCUT2D eigenvalue weighted by Gasteiger charge is -2.30. The van der Waals surface area contributed by atoms with Crippen LogP contribution in [0.2, 0.25) is 5.02 Å². The number of para-hydroxylation sites is 1. The Labute approximate surface area is 191 Å². The first-order valence-corrected chi connectivity index (χ1v) is 10.7. The zero-order valence-corrected chi connectivity index (χ0v) is 18.6. The van der Waals surface area contributed by atoms with Gasteiger partial charge in [0, 0.05) is 34.8 Å². The minimum atomic E-state index is -0.139. The number of carbonyl (C=O) groups is 1.